The predicted molar refractivity (Wildman–Crippen MR) is 47.0 cm³/mol. The Bertz CT molecular complexity index is 483. The highest BCUT2D eigenvalue weighted by molar-refractivity contribution is 5.72. The lowest BCUT2D eigenvalue weighted by Crippen LogP contribution is -2.14. The maximum absolute atomic E-state index is 11.2. The second kappa shape index (κ2) is 2.67. The van der Waals surface area contributed by atoms with Crippen molar-refractivity contribution in [2.45, 2.75) is 13.1 Å². The number of nitrogens with zero attached hydrogens (tertiary/aromatic N) is 3. The van der Waals surface area contributed by atoms with E-state index >= 15 is 0 Å². The number of aromatic amines is 1. The molecule has 6 heteroatoms. The van der Waals surface area contributed by atoms with Crippen LogP contribution in [0, 0.1) is 0 Å². The molecule has 2 aromatic heterocycles. The molecular weight excluding hydrogens is 170 g/mol. The molecule has 1 unspecified atom stereocenters. The summed E-state index contributed by atoms with van der Waals surface area (Å²) in [7, 11) is 0. The van der Waals surface area contributed by atoms with Crippen molar-refractivity contribution in [1.82, 2.24) is 19.7 Å². The normalized spacial score (nSPS) is 13.4. The van der Waals surface area contributed by atoms with Crippen LogP contribution in [0.15, 0.2) is 17.3 Å². The molecule has 0 aliphatic heterocycles. The van der Waals surface area contributed by atoms with Crippen molar-refractivity contribution in [2.75, 3.05) is 0 Å². The molecule has 0 aromatic carbocycles. The summed E-state index contributed by atoms with van der Waals surface area (Å²) in [6.07, 6.45) is 2.85. The van der Waals surface area contributed by atoms with Crippen molar-refractivity contribution in [1.29, 1.82) is 0 Å². The third-order valence-corrected chi connectivity index (χ3v) is 1.84. The molecule has 68 valence electrons. The van der Waals surface area contributed by atoms with Gasteiger partial charge >= 0.3 is 0 Å². The number of H-pyrrole nitrogens is 1. The van der Waals surface area contributed by atoms with Gasteiger partial charge in [0.05, 0.1) is 24.2 Å². The molecule has 6 nitrogen and oxygen atoms in total. The molecule has 0 aliphatic rings. The maximum atomic E-state index is 11.2. The number of imidazole rings is 1. The molecule has 0 saturated heterocycles. The number of hydrogen-bond acceptors (Lipinski definition) is 4. The number of nitrogens with two attached hydrogens (primary N) is 1. The van der Waals surface area contributed by atoms with E-state index in [1.807, 2.05) is 6.92 Å². The van der Waals surface area contributed by atoms with Crippen LogP contribution in [0.2, 0.25) is 0 Å². The van der Waals surface area contributed by atoms with Crippen molar-refractivity contribution >= 4 is 11.0 Å². The van der Waals surface area contributed by atoms with Gasteiger partial charge in [0.2, 0.25) is 0 Å². The molecule has 2 heterocycles. The van der Waals surface area contributed by atoms with Gasteiger partial charge in [-0.1, -0.05) is 0 Å². The highest BCUT2D eigenvalue weighted by Gasteiger charge is 2.07. The van der Waals surface area contributed by atoms with E-state index < -0.39 is 0 Å². The zero-order valence-electron chi connectivity index (χ0n) is 7.06. The molecular formula is C7H9N5O. The lowest BCUT2D eigenvalue weighted by Gasteiger charge is -2.06. The number of rotatable bonds is 1. The predicted octanol–water partition coefficient (Wildman–Crippen LogP) is -0.403. The van der Waals surface area contributed by atoms with Gasteiger partial charge in [-0.05, 0) is 6.92 Å². The van der Waals surface area contributed by atoms with E-state index in [0.29, 0.717) is 11.0 Å². The first-order valence-corrected chi connectivity index (χ1v) is 3.86. The first kappa shape index (κ1) is 7.93. The Morgan fingerprint density at radius 3 is 3.15 bits per heavy atom. The van der Waals surface area contributed by atoms with Crippen LogP contribution < -0.4 is 11.3 Å². The molecule has 0 aliphatic carbocycles. The summed E-state index contributed by atoms with van der Waals surface area (Å²) >= 11 is 0. The molecule has 3 N–H and O–H groups in total. The second-order valence-corrected chi connectivity index (χ2v) is 2.83. The third-order valence-electron chi connectivity index (χ3n) is 1.84. The first-order valence-electron chi connectivity index (χ1n) is 3.86. The van der Waals surface area contributed by atoms with E-state index in [-0.39, 0.29) is 11.7 Å². The van der Waals surface area contributed by atoms with Gasteiger partial charge in [-0.3, -0.25) is 4.79 Å². The van der Waals surface area contributed by atoms with Gasteiger partial charge in [0.25, 0.3) is 5.56 Å². The minimum atomic E-state index is -0.295. The van der Waals surface area contributed by atoms with Crippen LogP contribution in [0.1, 0.15) is 13.1 Å². The fourth-order valence-electron chi connectivity index (χ4n) is 1.20. The minimum absolute atomic E-state index is 0.214. The van der Waals surface area contributed by atoms with Gasteiger partial charge < -0.3 is 10.3 Å². The van der Waals surface area contributed by atoms with Crippen LogP contribution in [-0.2, 0) is 0 Å². The Labute approximate surface area is 73.4 Å². The molecule has 0 bridgehead atoms. The highest BCUT2D eigenvalue weighted by Crippen LogP contribution is 2.09. The second-order valence-electron chi connectivity index (χ2n) is 2.83. The number of nitrogens with one attached hydrogen (secondary N) is 1. The standard InChI is InChI=1S/C7H9N5O/c1-4(8)12-3-9-6-5(12)2-10-11-7(6)13/h2-4H,8H2,1H3,(H,11,13). The summed E-state index contributed by atoms with van der Waals surface area (Å²) in [4.78, 5) is 15.1. The van der Waals surface area contributed by atoms with Gasteiger partial charge in [0, 0.05) is 0 Å². The maximum Gasteiger partial charge on any atom is 0.292 e. The fraction of sp³-hybridized carbons (Fsp3) is 0.286. The third kappa shape index (κ3) is 1.11. The summed E-state index contributed by atoms with van der Waals surface area (Å²) in [5.41, 5.74) is 6.38. The van der Waals surface area contributed by atoms with Crippen LogP contribution in [-0.4, -0.2) is 19.7 Å². The molecule has 1 atom stereocenters. The van der Waals surface area contributed by atoms with E-state index in [1.54, 1.807) is 4.57 Å². The average molecular weight is 179 g/mol. The van der Waals surface area contributed by atoms with Crippen molar-refractivity contribution in [2.24, 2.45) is 5.73 Å². The molecule has 0 amide bonds. The number of fused-ring (bicyclic) bond motifs is 1. The Morgan fingerprint density at radius 1 is 1.69 bits per heavy atom. The van der Waals surface area contributed by atoms with Crippen molar-refractivity contribution in [3.8, 4) is 0 Å². The fourth-order valence-corrected chi connectivity index (χ4v) is 1.20. The summed E-state index contributed by atoms with van der Waals surface area (Å²) in [6, 6.07) is 0. The Hall–Kier alpha value is -1.69. The van der Waals surface area contributed by atoms with E-state index in [2.05, 4.69) is 15.2 Å². The van der Waals surface area contributed by atoms with Crippen molar-refractivity contribution < 1.29 is 0 Å². The summed E-state index contributed by atoms with van der Waals surface area (Å²) in [6.45, 7) is 1.81. The van der Waals surface area contributed by atoms with Crippen LogP contribution in [0.5, 0.6) is 0 Å². The van der Waals surface area contributed by atoms with Crippen LogP contribution in [0.25, 0.3) is 11.0 Å². The molecule has 0 spiro atoms. The molecule has 0 radical (unpaired) electrons. The van der Waals surface area contributed by atoms with Gasteiger partial charge in [-0.2, -0.15) is 5.10 Å². The summed E-state index contributed by atoms with van der Waals surface area (Å²) in [5.74, 6) is 0. The highest BCUT2D eigenvalue weighted by atomic mass is 16.1. The molecule has 0 fully saturated rings. The zero-order valence-corrected chi connectivity index (χ0v) is 7.06. The lowest BCUT2D eigenvalue weighted by molar-refractivity contribution is 0.587. The van der Waals surface area contributed by atoms with E-state index in [1.165, 1.54) is 12.5 Å². The summed E-state index contributed by atoms with van der Waals surface area (Å²) < 4.78 is 1.69. The number of aromatic nitrogens is 4. The van der Waals surface area contributed by atoms with Gasteiger partial charge in [-0.25, -0.2) is 10.1 Å². The van der Waals surface area contributed by atoms with Crippen LogP contribution in [0.4, 0.5) is 0 Å². The zero-order chi connectivity index (χ0) is 9.42. The van der Waals surface area contributed by atoms with Crippen LogP contribution >= 0.6 is 0 Å². The molecule has 2 aromatic rings. The van der Waals surface area contributed by atoms with Crippen molar-refractivity contribution in [3.63, 3.8) is 0 Å². The van der Waals surface area contributed by atoms with Crippen LogP contribution in [0.3, 0.4) is 0 Å². The SMILES string of the molecule is CC(N)n1cnc2c(=O)[nH]ncc21. The van der Waals surface area contributed by atoms with Gasteiger partial charge in [-0.15, -0.1) is 0 Å². The molecule has 0 saturated carbocycles. The molecule has 2 rings (SSSR count). The quantitative estimate of drug-likeness (QED) is 0.623. The van der Waals surface area contributed by atoms with Gasteiger partial charge in [0.15, 0.2) is 5.52 Å². The topological polar surface area (TPSA) is 89.6 Å². The average Bonchev–Trinajstić information content (AvgIpc) is 2.48. The smallest absolute Gasteiger partial charge is 0.292 e. The summed E-state index contributed by atoms with van der Waals surface area (Å²) in [5, 5.41) is 5.98. The van der Waals surface area contributed by atoms with Crippen molar-refractivity contribution in [3.05, 3.63) is 22.9 Å². The van der Waals surface area contributed by atoms with E-state index in [9.17, 15) is 4.79 Å². The Kier molecular flexibility index (Phi) is 1.63. The lowest BCUT2D eigenvalue weighted by atomic mass is 10.4. The van der Waals surface area contributed by atoms with E-state index in [4.69, 9.17) is 5.73 Å². The van der Waals surface area contributed by atoms with Gasteiger partial charge in [0.1, 0.15) is 0 Å². The van der Waals surface area contributed by atoms with E-state index in [0.717, 1.165) is 0 Å². The number of hydrogen-bond donors (Lipinski definition) is 2. The Balaban J connectivity index is 2.83. The monoisotopic (exact) mass is 179 g/mol. The first-order chi connectivity index (χ1) is 6.20. The largest absolute Gasteiger partial charge is 0.313 e. The Morgan fingerprint density at radius 2 is 2.46 bits per heavy atom. The minimum Gasteiger partial charge on any atom is -0.313 e. The molecule has 13 heavy (non-hydrogen) atoms.